The van der Waals surface area contributed by atoms with Crippen LogP contribution in [-0.4, -0.2) is 21.8 Å². The highest BCUT2D eigenvalue weighted by Gasteiger charge is 2.74. The Labute approximate surface area is 70.2 Å². The van der Waals surface area contributed by atoms with Crippen LogP contribution in [0.4, 0.5) is 13.2 Å². The Morgan fingerprint density at radius 1 is 1.20 bits per heavy atom. The van der Waals surface area contributed by atoms with Crippen molar-refractivity contribution < 1.29 is 13.2 Å². The van der Waals surface area contributed by atoms with Crippen molar-refractivity contribution >= 4 is 34.8 Å². The van der Waals surface area contributed by atoms with Crippen molar-refractivity contribution in [1.29, 1.82) is 0 Å². The number of halogens is 6. The summed E-state index contributed by atoms with van der Waals surface area (Å²) in [6.45, 7) is 0. The van der Waals surface area contributed by atoms with Gasteiger partial charge in [-0.05, 0) is 0 Å². The highest BCUT2D eigenvalue weighted by molar-refractivity contribution is 6.54. The molecule has 0 radical (unpaired) electrons. The fraction of sp³-hybridized carbons (Fsp3) is 1.00. The molecule has 0 aliphatic heterocycles. The standard InChI is InChI=1S/C4H2Cl3F3/c5-1-3(6,7)2(8)4(1,9)10/h1-2H. The molecule has 0 nitrogen and oxygen atoms in total. The number of rotatable bonds is 0. The largest absolute Gasteiger partial charge is 0.300 e. The molecule has 0 aromatic heterocycles. The van der Waals surface area contributed by atoms with Crippen molar-refractivity contribution in [2.24, 2.45) is 0 Å². The topological polar surface area (TPSA) is 0 Å². The molecule has 1 rings (SSSR count). The summed E-state index contributed by atoms with van der Waals surface area (Å²) in [6, 6.07) is 0. The lowest BCUT2D eigenvalue weighted by atomic mass is 9.90. The van der Waals surface area contributed by atoms with Gasteiger partial charge >= 0.3 is 5.92 Å². The van der Waals surface area contributed by atoms with Gasteiger partial charge in [0.15, 0.2) is 10.5 Å². The molecule has 1 aliphatic rings. The van der Waals surface area contributed by atoms with Gasteiger partial charge in [-0.1, -0.05) is 23.2 Å². The number of alkyl halides is 6. The third-order valence-corrected chi connectivity index (χ3v) is 3.03. The van der Waals surface area contributed by atoms with Gasteiger partial charge in [-0.25, -0.2) is 13.2 Å². The van der Waals surface area contributed by atoms with Crippen LogP contribution in [-0.2, 0) is 0 Å². The molecule has 0 aromatic rings. The highest BCUT2D eigenvalue weighted by atomic mass is 35.5. The van der Waals surface area contributed by atoms with Crippen LogP contribution in [0.2, 0.25) is 0 Å². The smallest absolute Gasteiger partial charge is 0.237 e. The Balaban J connectivity index is 2.78. The zero-order valence-corrected chi connectivity index (χ0v) is 6.69. The summed E-state index contributed by atoms with van der Waals surface area (Å²) >= 11 is 15.1. The van der Waals surface area contributed by atoms with E-state index >= 15 is 0 Å². The van der Waals surface area contributed by atoms with Crippen molar-refractivity contribution in [2.75, 3.05) is 0 Å². The third kappa shape index (κ3) is 0.836. The first-order valence-corrected chi connectivity index (χ1v) is 3.54. The Bertz CT molecular complexity index is 128. The van der Waals surface area contributed by atoms with Crippen LogP contribution in [0.15, 0.2) is 0 Å². The monoisotopic (exact) mass is 212 g/mol. The molecule has 2 unspecified atom stereocenters. The molecular weight excluding hydrogens is 211 g/mol. The fourth-order valence-electron chi connectivity index (χ4n) is 0.674. The molecule has 60 valence electrons. The lowest BCUT2D eigenvalue weighted by Gasteiger charge is -2.46. The summed E-state index contributed by atoms with van der Waals surface area (Å²) in [5.74, 6) is -3.59. The predicted octanol–water partition coefficient (Wildman–Crippen LogP) is 2.75. The van der Waals surface area contributed by atoms with E-state index in [0.717, 1.165) is 0 Å². The van der Waals surface area contributed by atoms with E-state index in [1.54, 1.807) is 0 Å². The first-order chi connectivity index (χ1) is 4.31. The molecule has 1 fully saturated rings. The summed E-state index contributed by atoms with van der Waals surface area (Å²) in [7, 11) is 0. The Morgan fingerprint density at radius 3 is 1.70 bits per heavy atom. The molecule has 10 heavy (non-hydrogen) atoms. The summed E-state index contributed by atoms with van der Waals surface area (Å²) in [5, 5.41) is -1.83. The van der Waals surface area contributed by atoms with Crippen LogP contribution in [0.1, 0.15) is 0 Å². The van der Waals surface area contributed by atoms with Crippen LogP contribution in [0.5, 0.6) is 0 Å². The van der Waals surface area contributed by atoms with Gasteiger partial charge in [-0.15, -0.1) is 11.6 Å². The van der Waals surface area contributed by atoms with Crippen molar-refractivity contribution in [1.82, 2.24) is 0 Å². The molecule has 0 saturated heterocycles. The number of hydrogen-bond donors (Lipinski definition) is 0. The van der Waals surface area contributed by atoms with E-state index in [1.807, 2.05) is 0 Å². The molecule has 0 spiro atoms. The van der Waals surface area contributed by atoms with Crippen LogP contribution in [0, 0.1) is 0 Å². The fourth-order valence-corrected chi connectivity index (χ4v) is 1.48. The van der Waals surface area contributed by atoms with Gasteiger partial charge in [-0.3, -0.25) is 0 Å². The Kier molecular flexibility index (Phi) is 1.82. The van der Waals surface area contributed by atoms with Gasteiger partial charge in [0.25, 0.3) is 0 Å². The number of hydrogen-bond acceptors (Lipinski definition) is 0. The first kappa shape index (κ1) is 8.75. The van der Waals surface area contributed by atoms with Crippen molar-refractivity contribution in [3.8, 4) is 0 Å². The van der Waals surface area contributed by atoms with Crippen molar-refractivity contribution in [2.45, 2.75) is 21.8 Å². The van der Waals surface area contributed by atoms with E-state index < -0.39 is 21.8 Å². The average Bonchev–Trinajstić information content (AvgIpc) is 1.84. The highest BCUT2D eigenvalue weighted by Crippen LogP contribution is 2.57. The molecule has 0 bridgehead atoms. The van der Waals surface area contributed by atoms with Crippen LogP contribution in [0.25, 0.3) is 0 Å². The molecule has 0 amide bonds. The summed E-state index contributed by atoms with van der Waals surface area (Å²) in [4.78, 5) is 0. The molecule has 1 saturated carbocycles. The van der Waals surface area contributed by atoms with Crippen LogP contribution >= 0.6 is 34.8 Å². The van der Waals surface area contributed by atoms with Crippen LogP contribution in [0.3, 0.4) is 0 Å². The second-order valence-corrected chi connectivity index (χ2v) is 3.95. The maximum absolute atomic E-state index is 12.2. The molecule has 6 heteroatoms. The minimum Gasteiger partial charge on any atom is -0.237 e. The molecular formula is C4H2Cl3F3. The minimum absolute atomic E-state index is 1.83. The van der Waals surface area contributed by atoms with E-state index in [-0.39, 0.29) is 0 Å². The average molecular weight is 213 g/mol. The molecule has 0 aromatic carbocycles. The summed E-state index contributed by atoms with van der Waals surface area (Å²) in [5.41, 5.74) is 0. The summed E-state index contributed by atoms with van der Waals surface area (Å²) in [6.07, 6.45) is -2.56. The van der Waals surface area contributed by atoms with E-state index in [1.165, 1.54) is 0 Å². The first-order valence-electron chi connectivity index (χ1n) is 2.35. The predicted molar refractivity (Wildman–Crippen MR) is 33.9 cm³/mol. The molecule has 1 aliphatic carbocycles. The SMILES string of the molecule is FC1C(F)(F)C(Cl)C1(Cl)Cl. The van der Waals surface area contributed by atoms with Gasteiger partial charge < -0.3 is 0 Å². The molecule has 2 atom stereocenters. The summed E-state index contributed by atoms with van der Waals surface area (Å²) < 4.78 is 34.4. The second kappa shape index (κ2) is 2.08. The zero-order valence-electron chi connectivity index (χ0n) is 4.42. The lowest BCUT2D eigenvalue weighted by Crippen LogP contribution is -2.67. The Hall–Kier alpha value is 0.660. The van der Waals surface area contributed by atoms with E-state index in [2.05, 4.69) is 0 Å². The van der Waals surface area contributed by atoms with Gasteiger partial charge in [0, 0.05) is 0 Å². The van der Waals surface area contributed by atoms with Gasteiger partial charge in [0.1, 0.15) is 5.38 Å². The van der Waals surface area contributed by atoms with Gasteiger partial charge in [0.05, 0.1) is 0 Å². The maximum Gasteiger partial charge on any atom is 0.300 e. The Morgan fingerprint density at radius 2 is 1.60 bits per heavy atom. The quantitative estimate of drug-likeness (QED) is 0.543. The van der Waals surface area contributed by atoms with Crippen molar-refractivity contribution in [3.05, 3.63) is 0 Å². The zero-order chi connectivity index (χ0) is 8.15. The second-order valence-electron chi connectivity index (χ2n) is 2.07. The van der Waals surface area contributed by atoms with Gasteiger partial charge in [0.2, 0.25) is 0 Å². The van der Waals surface area contributed by atoms with Crippen LogP contribution < -0.4 is 0 Å². The minimum atomic E-state index is -3.59. The maximum atomic E-state index is 12.2. The molecule has 0 N–H and O–H groups in total. The van der Waals surface area contributed by atoms with E-state index in [4.69, 9.17) is 34.8 Å². The van der Waals surface area contributed by atoms with E-state index in [9.17, 15) is 13.2 Å². The van der Waals surface area contributed by atoms with Gasteiger partial charge in [-0.2, -0.15) is 0 Å². The lowest BCUT2D eigenvalue weighted by molar-refractivity contribution is -0.143. The normalized spacial score (nSPS) is 42.6. The van der Waals surface area contributed by atoms with E-state index in [0.29, 0.717) is 0 Å². The van der Waals surface area contributed by atoms with Crippen molar-refractivity contribution in [3.63, 3.8) is 0 Å². The molecule has 0 heterocycles. The third-order valence-electron chi connectivity index (χ3n) is 1.35.